The van der Waals surface area contributed by atoms with E-state index in [0.717, 1.165) is 24.2 Å². The van der Waals surface area contributed by atoms with E-state index in [-0.39, 0.29) is 11.3 Å². The van der Waals surface area contributed by atoms with Crippen molar-refractivity contribution >= 4 is 5.97 Å². The number of carboxylic acid groups (broad SMARTS) is 1. The minimum atomic E-state index is -0.670. The van der Waals surface area contributed by atoms with Crippen LogP contribution in [0.25, 0.3) is 0 Å². The van der Waals surface area contributed by atoms with Crippen LogP contribution in [0.4, 0.5) is 0 Å². The Hall–Kier alpha value is -1.51. The lowest BCUT2D eigenvalue weighted by Gasteiger charge is -2.27. The quantitative estimate of drug-likeness (QED) is 0.808. The minimum absolute atomic E-state index is 0.141. The second-order valence-electron chi connectivity index (χ2n) is 5.28. The van der Waals surface area contributed by atoms with Crippen LogP contribution >= 0.6 is 0 Å². The summed E-state index contributed by atoms with van der Waals surface area (Å²) in [5.74, 6) is 0.00596. The van der Waals surface area contributed by atoms with E-state index < -0.39 is 5.97 Å². The third-order valence-corrected chi connectivity index (χ3v) is 4.31. The molecule has 1 N–H and O–H groups in total. The molecule has 2 aliphatic rings. The van der Waals surface area contributed by atoms with Crippen LogP contribution in [0.1, 0.15) is 29.5 Å². The molecule has 0 unspecified atom stereocenters. The van der Waals surface area contributed by atoms with Crippen LogP contribution in [0, 0.1) is 19.8 Å². The standard InChI is InChI=1S/C14H16O3/c1-8-5-10-12(6-9(8)2)17-4-3-14(10)7-11(14)13(15)16/h5-6,11H,3-4,7H2,1-2H3,(H,15,16)/t11-,14-/m0/s1. The number of hydrogen-bond acceptors (Lipinski definition) is 2. The molecule has 1 aromatic rings. The summed E-state index contributed by atoms with van der Waals surface area (Å²) in [6.45, 7) is 4.76. The average molecular weight is 232 g/mol. The van der Waals surface area contributed by atoms with Crippen LogP contribution in [0.2, 0.25) is 0 Å². The molecule has 90 valence electrons. The average Bonchev–Trinajstić information content (AvgIpc) is 2.97. The molecule has 1 fully saturated rings. The molecule has 0 bridgehead atoms. The third kappa shape index (κ3) is 1.38. The molecule has 0 aromatic heterocycles. The van der Waals surface area contributed by atoms with Gasteiger partial charge in [-0.1, -0.05) is 6.07 Å². The fourth-order valence-electron chi connectivity index (χ4n) is 2.98. The van der Waals surface area contributed by atoms with Gasteiger partial charge in [-0.15, -0.1) is 0 Å². The van der Waals surface area contributed by atoms with Gasteiger partial charge in [-0.05, 0) is 43.9 Å². The first-order valence-corrected chi connectivity index (χ1v) is 6.02. The van der Waals surface area contributed by atoms with Gasteiger partial charge in [-0.25, -0.2) is 0 Å². The molecular formula is C14H16O3. The fraction of sp³-hybridized carbons (Fsp3) is 0.500. The molecule has 0 amide bonds. The monoisotopic (exact) mass is 232 g/mol. The molecule has 0 radical (unpaired) electrons. The van der Waals surface area contributed by atoms with Gasteiger partial charge in [-0.2, -0.15) is 0 Å². The van der Waals surface area contributed by atoms with Crippen LogP contribution < -0.4 is 4.74 Å². The number of ether oxygens (including phenoxy) is 1. The van der Waals surface area contributed by atoms with E-state index in [0.29, 0.717) is 6.61 Å². The summed E-state index contributed by atoms with van der Waals surface area (Å²) in [6, 6.07) is 4.16. The van der Waals surface area contributed by atoms with Crippen LogP contribution in [0.3, 0.4) is 0 Å². The summed E-state index contributed by atoms with van der Waals surface area (Å²) in [5.41, 5.74) is 3.38. The van der Waals surface area contributed by atoms with E-state index in [1.54, 1.807) is 0 Å². The summed E-state index contributed by atoms with van der Waals surface area (Å²) in [5, 5.41) is 9.18. The zero-order valence-electron chi connectivity index (χ0n) is 10.1. The second-order valence-corrected chi connectivity index (χ2v) is 5.28. The lowest BCUT2D eigenvalue weighted by Crippen LogP contribution is -2.24. The van der Waals surface area contributed by atoms with Gasteiger partial charge in [0.15, 0.2) is 0 Å². The molecule has 0 saturated heterocycles. The fourth-order valence-corrected chi connectivity index (χ4v) is 2.98. The highest BCUT2D eigenvalue weighted by Gasteiger charge is 2.61. The maximum absolute atomic E-state index is 11.2. The highest BCUT2D eigenvalue weighted by molar-refractivity contribution is 5.78. The van der Waals surface area contributed by atoms with Crippen LogP contribution in [-0.2, 0) is 10.2 Å². The van der Waals surface area contributed by atoms with Crippen LogP contribution in [0.5, 0.6) is 5.75 Å². The van der Waals surface area contributed by atoms with Gasteiger partial charge < -0.3 is 9.84 Å². The Labute approximate surface area is 100 Å². The zero-order valence-corrected chi connectivity index (χ0v) is 10.1. The first-order chi connectivity index (χ1) is 8.04. The molecule has 3 nitrogen and oxygen atoms in total. The smallest absolute Gasteiger partial charge is 0.307 e. The molecule has 1 aliphatic heterocycles. The van der Waals surface area contributed by atoms with Crippen molar-refractivity contribution in [1.82, 2.24) is 0 Å². The van der Waals surface area contributed by atoms with Gasteiger partial charge in [-0.3, -0.25) is 4.79 Å². The Morgan fingerprint density at radius 2 is 2.12 bits per heavy atom. The van der Waals surface area contributed by atoms with Crippen molar-refractivity contribution < 1.29 is 14.6 Å². The zero-order chi connectivity index (χ0) is 12.2. The Morgan fingerprint density at radius 3 is 2.76 bits per heavy atom. The van der Waals surface area contributed by atoms with Gasteiger partial charge in [0.05, 0.1) is 12.5 Å². The molecule has 3 rings (SSSR count). The van der Waals surface area contributed by atoms with Gasteiger partial charge in [0.1, 0.15) is 5.75 Å². The predicted octanol–water partition coefficient (Wildman–Crippen LogP) is 2.43. The molecular weight excluding hydrogens is 216 g/mol. The first-order valence-electron chi connectivity index (χ1n) is 6.02. The van der Waals surface area contributed by atoms with Gasteiger partial charge in [0.2, 0.25) is 0 Å². The molecule has 17 heavy (non-hydrogen) atoms. The van der Waals surface area contributed by atoms with E-state index in [9.17, 15) is 9.90 Å². The number of fused-ring (bicyclic) bond motifs is 2. The SMILES string of the molecule is Cc1cc2c(cc1C)[C@]1(CCO2)C[C@H]1C(=O)O. The minimum Gasteiger partial charge on any atom is -0.493 e. The molecule has 1 heterocycles. The number of carboxylic acids is 1. The van der Waals surface area contributed by atoms with E-state index in [4.69, 9.17) is 4.74 Å². The van der Waals surface area contributed by atoms with E-state index in [2.05, 4.69) is 19.9 Å². The Morgan fingerprint density at radius 1 is 1.41 bits per heavy atom. The van der Waals surface area contributed by atoms with E-state index in [1.807, 2.05) is 6.07 Å². The Kier molecular flexibility index (Phi) is 2.03. The topological polar surface area (TPSA) is 46.5 Å². The van der Waals surface area contributed by atoms with Crippen molar-refractivity contribution in [2.45, 2.75) is 32.1 Å². The van der Waals surface area contributed by atoms with Crippen molar-refractivity contribution in [3.05, 3.63) is 28.8 Å². The molecule has 1 spiro atoms. The maximum Gasteiger partial charge on any atom is 0.307 e. The molecule has 1 aromatic carbocycles. The maximum atomic E-state index is 11.2. The third-order valence-electron chi connectivity index (χ3n) is 4.31. The summed E-state index contributed by atoms with van der Waals surface area (Å²) in [4.78, 5) is 11.2. The van der Waals surface area contributed by atoms with Crippen LogP contribution in [-0.4, -0.2) is 17.7 Å². The Balaban J connectivity index is 2.10. The normalized spacial score (nSPS) is 29.6. The number of aliphatic carboxylic acids is 1. The van der Waals surface area contributed by atoms with Crippen molar-refractivity contribution in [3.8, 4) is 5.75 Å². The van der Waals surface area contributed by atoms with Gasteiger partial charge in [0.25, 0.3) is 0 Å². The van der Waals surface area contributed by atoms with Crippen molar-refractivity contribution in [3.63, 3.8) is 0 Å². The van der Waals surface area contributed by atoms with Crippen molar-refractivity contribution in [1.29, 1.82) is 0 Å². The number of hydrogen-bond donors (Lipinski definition) is 1. The van der Waals surface area contributed by atoms with E-state index >= 15 is 0 Å². The summed E-state index contributed by atoms with van der Waals surface area (Å²) in [6.07, 6.45) is 1.60. The number of carbonyl (C=O) groups is 1. The molecule has 1 saturated carbocycles. The second kappa shape index (κ2) is 3.25. The van der Waals surface area contributed by atoms with E-state index in [1.165, 1.54) is 11.1 Å². The lowest BCUT2D eigenvalue weighted by atomic mass is 9.85. The number of benzene rings is 1. The van der Waals surface area contributed by atoms with Gasteiger partial charge >= 0.3 is 5.97 Å². The molecule has 3 heteroatoms. The number of rotatable bonds is 1. The predicted molar refractivity (Wildman–Crippen MR) is 63.4 cm³/mol. The van der Waals surface area contributed by atoms with Crippen LogP contribution in [0.15, 0.2) is 12.1 Å². The highest BCUT2D eigenvalue weighted by atomic mass is 16.5. The van der Waals surface area contributed by atoms with Gasteiger partial charge in [0, 0.05) is 11.0 Å². The summed E-state index contributed by atoms with van der Waals surface area (Å²) < 4.78 is 5.67. The summed E-state index contributed by atoms with van der Waals surface area (Å²) in [7, 11) is 0. The highest BCUT2D eigenvalue weighted by Crippen LogP contribution is 2.60. The lowest BCUT2D eigenvalue weighted by molar-refractivity contribution is -0.139. The Bertz CT molecular complexity index is 506. The summed E-state index contributed by atoms with van der Waals surface area (Å²) >= 11 is 0. The van der Waals surface area contributed by atoms with Crippen molar-refractivity contribution in [2.75, 3.05) is 6.61 Å². The van der Waals surface area contributed by atoms with Crippen molar-refractivity contribution in [2.24, 2.45) is 5.92 Å². The first kappa shape index (κ1) is 10.6. The number of aryl methyl sites for hydroxylation is 2. The molecule has 2 atom stereocenters. The largest absolute Gasteiger partial charge is 0.493 e. The molecule has 1 aliphatic carbocycles.